The Hall–Kier alpha value is -3.22. The van der Waals surface area contributed by atoms with Gasteiger partial charge in [-0.25, -0.2) is 9.18 Å². The first kappa shape index (κ1) is 15.7. The van der Waals surface area contributed by atoms with E-state index in [2.05, 4.69) is 15.5 Å². The zero-order valence-corrected chi connectivity index (χ0v) is 12.7. The topological polar surface area (TPSA) is 84.1 Å². The van der Waals surface area contributed by atoms with Crippen molar-refractivity contribution in [1.82, 2.24) is 10.2 Å². The molecule has 0 aliphatic heterocycles. The van der Waals surface area contributed by atoms with Gasteiger partial charge >= 0.3 is 5.97 Å². The summed E-state index contributed by atoms with van der Waals surface area (Å²) in [5.41, 5.74) is 1.23. The molecule has 1 amide bonds. The molecule has 6 nitrogen and oxygen atoms in total. The maximum Gasteiger partial charge on any atom is 0.360 e. The molecule has 122 valence electrons. The standard InChI is InChI=1S/C17H14FN3O3/c1-10(16(22)19-12-8-6-11(18)7-9-12)24-17(23)15-13-4-2-3-5-14(13)20-21-15/h2-10H,1H3,(H,19,22)(H,20,21)/t10-/m0/s1. The first-order valence-electron chi connectivity index (χ1n) is 7.25. The summed E-state index contributed by atoms with van der Waals surface area (Å²) in [6.45, 7) is 1.45. The molecule has 0 bridgehead atoms. The summed E-state index contributed by atoms with van der Waals surface area (Å²) in [4.78, 5) is 24.3. The van der Waals surface area contributed by atoms with Crippen molar-refractivity contribution in [2.75, 3.05) is 5.32 Å². The smallest absolute Gasteiger partial charge is 0.360 e. The number of para-hydroxylation sites is 1. The normalized spacial score (nSPS) is 11.9. The summed E-state index contributed by atoms with van der Waals surface area (Å²) in [6, 6.07) is 12.4. The molecule has 24 heavy (non-hydrogen) atoms. The lowest BCUT2D eigenvalue weighted by atomic mass is 10.2. The number of hydrogen-bond donors (Lipinski definition) is 2. The molecule has 3 rings (SSSR count). The molecule has 0 aliphatic carbocycles. The van der Waals surface area contributed by atoms with Crippen LogP contribution in [0.15, 0.2) is 48.5 Å². The second kappa shape index (κ2) is 6.49. The zero-order chi connectivity index (χ0) is 17.1. The van der Waals surface area contributed by atoms with Crippen LogP contribution >= 0.6 is 0 Å². The second-order valence-electron chi connectivity index (χ2n) is 5.16. The number of aromatic nitrogens is 2. The van der Waals surface area contributed by atoms with Crippen molar-refractivity contribution < 1.29 is 18.7 Å². The minimum absolute atomic E-state index is 0.118. The summed E-state index contributed by atoms with van der Waals surface area (Å²) in [6.07, 6.45) is -1.03. The molecule has 2 N–H and O–H groups in total. The molecule has 0 saturated carbocycles. The number of rotatable bonds is 4. The average Bonchev–Trinajstić information content (AvgIpc) is 3.01. The SMILES string of the molecule is C[C@H](OC(=O)c1n[nH]c2ccccc12)C(=O)Nc1ccc(F)cc1. The highest BCUT2D eigenvalue weighted by molar-refractivity contribution is 6.03. The minimum atomic E-state index is -1.03. The van der Waals surface area contributed by atoms with Crippen LogP contribution in [-0.2, 0) is 9.53 Å². The van der Waals surface area contributed by atoms with Crippen LogP contribution in [0.4, 0.5) is 10.1 Å². The monoisotopic (exact) mass is 327 g/mol. The number of hydrogen-bond acceptors (Lipinski definition) is 4. The molecule has 0 unspecified atom stereocenters. The van der Waals surface area contributed by atoms with E-state index in [1.165, 1.54) is 31.2 Å². The summed E-state index contributed by atoms with van der Waals surface area (Å²) in [7, 11) is 0. The van der Waals surface area contributed by atoms with E-state index in [-0.39, 0.29) is 5.69 Å². The maximum absolute atomic E-state index is 12.8. The zero-order valence-electron chi connectivity index (χ0n) is 12.7. The number of H-pyrrole nitrogens is 1. The largest absolute Gasteiger partial charge is 0.448 e. The van der Waals surface area contributed by atoms with Crippen LogP contribution in [0.5, 0.6) is 0 Å². The van der Waals surface area contributed by atoms with Crippen LogP contribution < -0.4 is 5.32 Å². The number of nitrogens with zero attached hydrogens (tertiary/aromatic N) is 1. The number of ether oxygens (including phenoxy) is 1. The number of anilines is 1. The first-order chi connectivity index (χ1) is 11.5. The van der Waals surface area contributed by atoms with E-state index in [9.17, 15) is 14.0 Å². The van der Waals surface area contributed by atoms with Crippen LogP contribution in [0.2, 0.25) is 0 Å². The highest BCUT2D eigenvalue weighted by Crippen LogP contribution is 2.17. The van der Waals surface area contributed by atoms with Gasteiger partial charge in [0.25, 0.3) is 5.91 Å². The lowest BCUT2D eigenvalue weighted by Crippen LogP contribution is -2.30. The lowest BCUT2D eigenvalue weighted by Gasteiger charge is -2.12. The fourth-order valence-corrected chi connectivity index (χ4v) is 2.17. The van der Waals surface area contributed by atoms with Gasteiger partial charge in [0.05, 0.1) is 5.52 Å². The van der Waals surface area contributed by atoms with Gasteiger partial charge in [-0.05, 0) is 37.3 Å². The van der Waals surface area contributed by atoms with Gasteiger partial charge in [0.1, 0.15) is 5.82 Å². The summed E-state index contributed by atoms with van der Waals surface area (Å²) < 4.78 is 18.0. The molecule has 1 heterocycles. The third-order valence-electron chi connectivity index (χ3n) is 3.43. The number of benzene rings is 2. The molecule has 0 spiro atoms. The lowest BCUT2D eigenvalue weighted by molar-refractivity contribution is -0.123. The third kappa shape index (κ3) is 3.24. The maximum atomic E-state index is 12.8. The van der Waals surface area contributed by atoms with E-state index in [1.807, 2.05) is 6.07 Å². The molecule has 7 heteroatoms. The van der Waals surface area contributed by atoms with E-state index in [4.69, 9.17) is 4.74 Å². The third-order valence-corrected chi connectivity index (χ3v) is 3.43. The number of carbonyl (C=O) groups excluding carboxylic acids is 2. The fraction of sp³-hybridized carbons (Fsp3) is 0.118. The fourth-order valence-electron chi connectivity index (χ4n) is 2.17. The van der Waals surface area contributed by atoms with Crippen molar-refractivity contribution in [3.05, 3.63) is 60.0 Å². The molecular weight excluding hydrogens is 313 g/mol. The van der Waals surface area contributed by atoms with Crippen molar-refractivity contribution >= 4 is 28.5 Å². The molecule has 0 radical (unpaired) electrons. The van der Waals surface area contributed by atoms with E-state index >= 15 is 0 Å². The van der Waals surface area contributed by atoms with E-state index in [0.717, 1.165) is 0 Å². The Morgan fingerprint density at radius 1 is 1.17 bits per heavy atom. The second-order valence-corrected chi connectivity index (χ2v) is 5.16. The Bertz CT molecular complexity index is 889. The number of aromatic amines is 1. The number of halogens is 1. The summed E-state index contributed by atoms with van der Waals surface area (Å²) in [5.74, 6) is -1.62. The Morgan fingerprint density at radius 3 is 2.62 bits per heavy atom. The van der Waals surface area contributed by atoms with Crippen LogP contribution in [0.3, 0.4) is 0 Å². The predicted molar refractivity (Wildman–Crippen MR) is 86.0 cm³/mol. The number of carbonyl (C=O) groups is 2. The number of amides is 1. The van der Waals surface area contributed by atoms with Gasteiger partial charge < -0.3 is 10.1 Å². The van der Waals surface area contributed by atoms with E-state index in [1.54, 1.807) is 18.2 Å². The Kier molecular flexibility index (Phi) is 4.24. The number of fused-ring (bicyclic) bond motifs is 1. The summed E-state index contributed by atoms with van der Waals surface area (Å²) in [5, 5.41) is 9.82. The van der Waals surface area contributed by atoms with Crippen molar-refractivity contribution in [1.29, 1.82) is 0 Å². The number of nitrogens with one attached hydrogen (secondary N) is 2. The van der Waals surface area contributed by atoms with Gasteiger partial charge in [0.15, 0.2) is 11.8 Å². The average molecular weight is 327 g/mol. The molecule has 3 aromatic rings. The minimum Gasteiger partial charge on any atom is -0.448 e. The van der Waals surface area contributed by atoms with Gasteiger partial charge in [-0.2, -0.15) is 5.10 Å². The molecule has 0 aliphatic rings. The quantitative estimate of drug-likeness (QED) is 0.722. The summed E-state index contributed by atoms with van der Waals surface area (Å²) >= 11 is 0. The molecule has 0 saturated heterocycles. The van der Waals surface area contributed by atoms with Gasteiger partial charge in [-0.3, -0.25) is 9.89 Å². The molecular formula is C17H14FN3O3. The van der Waals surface area contributed by atoms with Crippen molar-refractivity contribution in [3.8, 4) is 0 Å². The van der Waals surface area contributed by atoms with Crippen LogP contribution in [0.25, 0.3) is 10.9 Å². The molecule has 1 atom stereocenters. The van der Waals surface area contributed by atoms with Crippen molar-refractivity contribution in [3.63, 3.8) is 0 Å². The molecule has 0 fully saturated rings. The van der Waals surface area contributed by atoms with Gasteiger partial charge in [0, 0.05) is 11.1 Å². The Balaban J connectivity index is 1.67. The van der Waals surface area contributed by atoms with Crippen LogP contribution in [0, 0.1) is 5.82 Å². The van der Waals surface area contributed by atoms with Crippen LogP contribution in [-0.4, -0.2) is 28.2 Å². The van der Waals surface area contributed by atoms with Crippen molar-refractivity contribution in [2.45, 2.75) is 13.0 Å². The molecule has 1 aromatic heterocycles. The highest BCUT2D eigenvalue weighted by Gasteiger charge is 2.22. The Labute approximate surface area is 136 Å². The predicted octanol–water partition coefficient (Wildman–Crippen LogP) is 2.89. The van der Waals surface area contributed by atoms with Gasteiger partial charge in [-0.15, -0.1) is 0 Å². The van der Waals surface area contributed by atoms with Crippen molar-refractivity contribution in [2.24, 2.45) is 0 Å². The van der Waals surface area contributed by atoms with E-state index < -0.39 is 23.8 Å². The van der Waals surface area contributed by atoms with E-state index in [0.29, 0.717) is 16.6 Å². The van der Waals surface area contributed by atoms with Gasteiger partial charge in [0.2, 0.25) is 0 Å². The highest BCUT2D eigenvalue weighted by atomic mass is 19.1. The first-order valence-corrected chi connectivity index (χ1v) is 7.25. The molecule has 2 aromatic carbocycles. The Morgan fingerprint density at radius 2 is 1.88 bits per heavy atom. The van der Waals surface area contributed by atoms with Crippen LogP contribution in [0.1, 0.15) is 17.4 Å². The number of esters is 1. The van der Waals surface area contributed by atoms with Gasteiger partial charge in [-0.1, -0.05) is 18.2 Å².